The van der Waals surface area contributed by atoms with Gasteiger partial charge in [-0.05, 0) is 17.5 Å². The number of ether oxygens (including phenoxy) is 1. The molecule has 1 heterocycles. The Bertz CT molecular complexity index is 558. The van der Waals surface area contributed by atoms with Crippen molar-refractivity contribution in [3.8, 4) is 0 Å². The fraction of sp³-hybridized carbons (Fsp3) is 0.400. The maximum Gasteiger partial charge on any atom is 0.0826 e. The largest absolute Gasteiger partial charge is 0.376 e. The first-order chi connectivity index (χ1) is 11.4. The molecule has 23 heavy (non-hydrogen) atoms. The number of rotatable bonds is 6. The van der Waals surface area contributed by atoms with Crippen molar-refractivity contribution in [3.63, 3.8) is 0 Å². The van der Waals surface area contributed by atoms with E-state index in [2.05, 4.69) is 70.9 Å². The minimum absolute atomic E-state index is 0.268. The van der Waals surface area contributed by atoms with Gasteiger partial charge in [-0.1, -0.05) is 60.7 Å². The van der Waals surface area contributed by atoms with Crippen LogP contribution in [-0.2, 0) is 17.8 Å². The van der Waals surface area contributed by atoms with Gasteiger partial charge in [-0.3, -0.25) is 4.90 Å². The SMILES string of the molecule is c1ccc(CNCC2CN(Cc3ccccc3)CCCO2)cc1. The molecule has 3 heteroatoms. The summed E-state index contributed by atoms with van der Waals surface area (Å²) in [4.78, 5) is 2.51. The average Bonchev–Trinajstić information content (AvgIpc) is 2.82. The Labute approximate surface area is 139 Å². The fourth-order valence-corrected chi connectivity index (χ4v) is 3.05. The third kappa shape index (κ3) is 5.47. The number of hydrogen-bond acceptors (Lipinski definition) is 3. The highest BCUT2D eigenvalue weighted by atomic mass is 16.5. The number of hydrogen-bond donors (Lipinski definition) is 1. The molecule has 1 saturated heterocycles. The van der Waals surface area contributed by atoms with E-state index >= 15 is 0 Å². The molecule has 1 atom stereocenters. The van der Waals surface area contributed by atoms with Crippen molar-refractivity contribution in [1.29, 1.82) is 0 Å². The molecule has 0 amide bonds. The van der Waals surface area contributed by atoms with E-state index in [0.717, 1.165) is 45.8 Å². The Morgan fingerprint density at radius 2 is 1.65 bits per heavy atom. The van der Waals surface area contributed by atoms with Crippen LogP contribution in [0, 0.1) is 0 Å². The van der Waals surface area contributed by atoms with Gasteiger partial charge in [0.2, 0.25) is 0 Å². The van der Waals surface area contributed by atoms with E-state index in [1.165, 1.54) is 11.1 Å². The molecule has 0 saturated carbocycles. The van der Waals surface area contributed by atoms with Crippen LogP contribution in [0.15, 0.2) is 60.7 Å². The molecule has 0 radical (unpaired) electrons. The second kappa shape index (κ2) is 8.82. The van der Waals surface area contributed by atoms with Crippen molar-refractivity contribution in [2.75, 3.05) is 26.2 Å². The topological polar surface area (TPSA) is 24.5 Å². The summed E-state index contributed by atoms with van der Waals surface area (Å²) in [6.07, 6.45) is 1.38. The molecule has 1 aliphatic heterocycles. The van der Waals surface area contributed by atoms with Gasteiger partial charge in [-0.25, -0.2) is 0 Å². The molecule has 1 unspecified atom stereocenters. The maximum atomic E-state index is 6.00. The summed E-state index contributed by atoms with van der Waals surface area (Å²) in [5.41, 5.74) is 2.70. The van der Waals surface area contributed by atoms with Crippen LogP contribution < -0.4 is 5.32 Å². The molecule has 2 aromatic carbocycles. The molecule has 2 aromatic rings. The first kappa shape index (κ1) is 16.2. The molecule has 0 spiro atoms. The van der Waals surface area contributed by atoms with E-state index in [-0.39, 0.29) is 6.10 Å². The van der Waals surface area contributed by atoms with Gasteiger partial charge >= 0.3 is 0 Å². The summed E-state index contributed by atoms with van der Waals surface area (Å²) < 4.78 is 6.00. The minimum atomic E-state index is 0.268. The molecule has 0 bridgehead atoms. The highest BCUT2D eigenvalue weighted by Crippen LogP contribution is 2.10. The molecule has 3 rings (SSSR count). The van der Waals surface area contributed by atoms with Crippen LogP contribution in [0.25, 0.3) is 0 Å². The third-order valence-electron chi connectivity index (χ3n) is 4.23. The van der Waals surface area contributed by atoms with Gasteiger partial charge in [-0.2, -0.15) is 0 Å². The summed E-state index contributed by atoms with van der Waals surface area (Å²) in [5, 5.41) is 3.53. The Morgan fingerprint density at radius 3 is 2.39 bits per heavy atom. The lowest BCUT2D eigenvalue weighted by molar-refractivity contribution is 0.0533. The second-order valence-electron chi connectivity index (χ2n) is 6.18. The third-order valence-corrected chi connectivity index (χ3v) is 4.23. The van der Waals surface area contributed by atoms with Crippen LogP contribution in [-0.4, -0.2) is 37.2 Å². The molecule has 0 aliphatic carbocycles. The zero-order chi connectivity index (χ0) is 15.7. The molecule has 3 nitrogen and oxygen atoms in total. The first-order valence-electron chi connectivity index (χ1n) is 8.53. The number of benzene rings is 2. The summed E-state index contributed by atoms with van der Waals surface area (Å²) in [6, 6.07) is 21.2. The number of nitrogens with one attached hydrogen (secondary N) is 1. The van der Waals surface area contributed by atoms with E-state index in [4.69, 9.17) is 4.74 Å². The molecule has 122 valence electrons. The lowest BCUT2D eigenvalue weighted by Gasteiger charge is -2.24. The Kier molecular flexibility index (Phi) is 6.21. The monoisotopic (exact) mass is 310 g/mol. The Balaban J connectivity index is 1.47. The number of nitrogens with zero attached hydrogens (tertiary/aromatic N) is 1. The van der Waals surface area contributed by atoms with Gasteiger partial charge in [0.15, 0.2) is 0 Å². The van der Waals surface area contributed by atoms with Gasteiger partial charge < -0.3 is 10.1 Å². The minimum Gasteiger partial charge on any atom is -0.376 e. The van der Waals surface area contributed by atoms with Crippen LogP contribution in [0.2, 0.25) is 0 Å². The van der Waals surface area contributed by atoms with Crippen molar-refractivity contribution in [1.82, 2.24) is 10.2 Å². The van der Waals surface area contributed by atoms with Gasteiger partial charge in [0.05, 0.1) is 6.10 Å². The van der Waals surface area contributed by atoms with E-state index in [0.29, 0.717) is 0 Å². The standard InChI is InChI=1S/C20H26N2O/c1-3-8-18(9-4-1)14-21-15-20-17-22(12-7-13-23-20)16-19-10-5-2-6-11-19/h1-6,8-11,20-21H,7,12-17H2. The van der Waals surface area contributed by atoms with E-state index in [9.17, 15) is 0 Å². The van der Waals surface area contributed by atoms with Crippen LogP contribution >= 0.6 is 0 Å². The van der Waals surface area contributed by atoms with Gasteiger partial charge in [-0.15, -0.1) is 0 Å². The Morgan fingerprint density at radius 1 is 0.957 bits per heavy atom. The average molecular weight is 310 g/mol. The van der Waals surface area contributed by atoms with Crippen molar-refractivity contribution in [2.24, 2.45) is 0 Å². The van der Waals surface area contributed by atoms with E-state index in [1.54, 1.807) is 0 Å². The van der Waals surface area contributed by atoms with Crippen LogP contribution in [0.3, 0.4) is 0 Å². The molecule has 1 aliphatic rings. The van der Waals surface area contributed by atoms with Crippen LogP contribution in [0.4, 0.5) is 0 Å². The predicted molar refractivity (Wildman–Crippen MR) is 94.2 cm³/mol. The van der Waals surface area contributed by atoms with Gasteiger partial charge in [0, 0.05) is 39.3 Å². The molecule has 1 N–H and O–H groups in total. The van der Waals surface area contributed by atoms with Crippen molar-refractivity contribution in [2.45, 2.75) is 25.6 Å². The molecular formula is C20H26N2O. The summed E-state index contributed by atoms with van der Waals surface area (Å²) >= 11 is 0. The van der Waals surface area contributed by atoms with Crippen molar-refractivity contribution < 1.29 is 4.74 Å². The smallest absolute Gasteiger partial charge is 0.0826 e. The first-order valence-corrected chi connectivity index (χ1v) is 8.53. The highest BCUT2D eigenvalue weighted by Gasteiger charge is 2.18. The van der Waals surface area contributed by atoms with Crippen molar-refractivity contribution >= 4 is 0 Å². The molecule has 1 fully saturated rings. The van der Waals surface area contributed by atoms with Gasteiger partial charge in [0.25, 0.3) is 0 Å². The molecular weight excluding hydrogens is 284 g/mol. The highest BCUT2D eigenvalue weighted by molar-refractivity contribution is 5.15. The zero-order valence-corrected chi connectivity index (χ0v) is 13.7. The predicted octanol–water partition coefficient (Wildman–Crippen LogP) is 3.07. The zero-order valence-electron chi connectivity index (χ0n) is 13.7. The summed E-state index contributed by atoms with van der Waals surface area (Å²) in [6.45, 7) is 5.79. The summed E-state index contributed by atoms with van der Waals surface area (Å²) in [7, 11) is 0. The second-order valence-corrected chi connectivity index (χ2v) is 6.18. The van der Waals surface area contributed by atoms with E-state index in [1.807, 2.05) is 0 Å². The lowest BCUT2D eigenvalue weighted by Crippen LogP contribution is -2.37. The lowest BCUT2D eigenvalue weighted by atomic mass is 10.2. The summed E-state index contributed by atoms with van der Waals surface area (Å²) in [5.74, 6) is 0. The van der Waals surface area contributed by atoms with Crippen LogP contribution in [0.5, 0.6) is 0 Å². The Hall–Kier alpha value is -1.68. The maximum absolute atomic E-state index is 6.00. The quantitative estimate of drug-likeness (QED) is 0.887. The fourth-order valence-electron chi connectivity index (χ4n) is 3.05. The normalized spacial score (nSPS) is 19.4. The molecule has 0 aromatic heterocycles. The van der Waals surface area contributed by atoms with E-state index < -0.39 is 0 Å². The van der Waals surface area contributed by atoms with Crippen LogP contribution in [0.1, 0.15) is 17.5 Å². The van der Waals surface area contributed by atoms with Crippen molar-refractivity contribution in [3.05, 3.63) is 71.8 Å². The van der Waals surface area contributed by atoms with Gasteiger partial charge in [0.1, 0.15) is 0 Å².